The number of aromatic nitrogens is 1. The molecule has 0 radical (unpaired) electrons. The van der Waals surface area contributed by atoms with Gasteiger partial charge in [0.2, 0.25) is 0 Å². The highest BCUT2D eigenvalue weighted by Crippen LogP contribution is 2.47. The molecule has 0 unspecified atom stereocenters. The van der Waals surface area contributed by atoms with Gasteiger partial charge in [-0.15, -0.1) is 0 Å². The Morgan fingerprint density at radius 2 is 1.15 bits per heavy atom. The zero-order chi connectivity index (χ0) is 34.6. The molecular weight excluding hydrogens is 665 g/mol. The van der Waals surface area contributed by atoms with Crippen molar-refractivity contribution < 1.29 is 9.15 Å². The van der Waals surface area contributed by atoms with Gasteiger partial charge in [-0.1, -0.05) is 115 Å². The molecule has 0 fully saturated rings. The summed E-state index contributed by atoms with van der Waals surface area (Å²) in [6.45, 7) is 0. The molecular formula is C48H28BNO2S. The summed E-state index contributed by atoms with van der Waals surface area (Å²) in [7, 11) is 0. The molecule has 2 aliphatic rings. The first kappa shape index (κ1) is 29.2. The molecule has 0 bridgehead atoms. The highest BCUT2D eigenvalue weighted by molar-refractivity contribution is 8.28. The monoisotopic (exact) mass is 693 g/mol. The largest absolute Gasteiger partial charge is 0.458 e. The van der Waals surface area contributed by atoms with Gasteiger partial charge in [0.1, 0.15) is 22.7 Å². The maximum absolute atomic E-state index is 6.83. The van der Waals surface area contributed by atoms with Crippen LogP contribution in [0.25, 0.3) is 82.8 Å². The van der Waals surface area contributed by atoms with E-state index in [4.69, 9.17) is 9.15 Å². The first-order valence-corrected chi connectivity index (χ1v) is 18.9. The van der Waals surface area contributed by atoms with Crippen molar-refractivity contribution in [2.75, 3.05) is 0 Å². The Labute approximate surface area is 310 Å². The summed E-state index contributed by atoms with van der Waals surface area (Å²) in [6.07, 6.45) is 0. The van der Waals surface area contributed by atoms with Crippen molar-refractivity contribution in [2.24, 2.45) is 0 Å². The summed E-state index contributed by atoms with van der Waals surface area (Å²) in [6, 6.07) is 61.1. The number of furan rings is 1. The number of benzene rings is 8. The summed E-state index contributed by atoms with van der Waals surface area (Å²) >= 11 is 1.93. The lowest BCUT2D eigenvalue weighted by Crippen LogP contribution is -2.46. The van der Waals surface area contributed by atoms with E-state index in [-0.39, 0.29) is 5.99 Å². The summed E-state index contributed by atoms with van der Waals surface area (Å²) in [5.74, 6) is 1.98. The van der Waals surface area contributed by atoms with Crippen LogP contribution in [0.4, 0.5) is 0 Å². The van der Waals surface area contributed by atoms with Crippen molar-refractivity contribution in [3.05, 3.63) is 170 Å². The minimum absolute atomic E-state index is 0.134. The SMILES string of the molecule is c1ccc2c(c1)Oc1cc(-n3c4ccccc4c4ccccc43)cc3c1B2Sc1ccc(-c2ccccc2-c2cccc4oc5ccccc5c24)cc1-3. The highest BCUT2D eigenvalue weighted by atomic mass is 32.2. The second-order valence-electron chi connectivity index (χ2n) is 13.9. The maximum atomic E-state index is 6.83. The molecule has 0 N–H and O–H groups in total. The lowest BCUT2D eigenvalue weighted by molar-refractivity contribution is 0.487. The van der Waals surface area contributed by atoms with E-state index in [1.165, 1.54) is 71.0 Å². The summed E-state index contributed by atoms with van der Waals surface area (Å²) < 4.78 is 15.5. The third-order valence-corrected chi connectivity index (χ3v) is 12.4. The molecule has 0 saturated carbocycles. The lowest BCUT2D eigenvalue weighted by atomic mass is 9.57. The zero-order valence-electron chi connectivity index (χ0n) is 28.4. The molecule has 12 rings (SSSR count). The van der Waals surface area contributed by atoms with Gasteiger partial charge in [0.25, 0.3) is 5.99 Å². The maximum Gasteiger partial charge on any atom is 0.289 e. The summed E-state index contributed by atoms with van der Waals surface area (Å²) in [4.78, 5) is 1.27. The van der Waals surface area contributed by atoms with Gasteiger partial charge in [-0.25, -0.2) is 0 Å². The van der Waals surface area contributed by atoms with Gasteiger partial charge in [-0.2, -0.15) is 11.6 Å². The number of rotatable bonds is 3. The number of hydrogen-bond acceptors (Lipinski definition) is 3. The molecule has 0 atom stereocenters. The Balaban J connectivity index is 1.10. The van der Waals surface area contributed by atoms with Crippen LogP contribution in [0.5, 0.6) is 11.5 Å². The average molecular weight is 694 g/mol. The van der Waals surface area contributed by atoms with Crippen LogP contribution in [0.2, 0.25) is 0 Å². The smallest absolute Gasteiger partial charge is 0.289 e. The second kappa shape index (κ2) is 11.0. The predicted molar refractivity (Wildman–Crippen MR) is 222 cm³/mol. The molecule has 0 spiro atoms. The topological polar surface area (TPSA) is 27.3 Å². The van der Waals surface area contributed by atoms with E-state index in [1.54, 1.807) is 0 Å². The van der Waals surface area contributed by atoms with Crippen molar-refractivity contribution in [3.63, 3.8) is 0 Å². The molecule has 0 aliphatic carbocycles. The fourth-order valence-electron chi connectivity index (χ4n) is 8.81. The zero-order valence-corrected chi connectivity index (χ0v) is 29.2. The van der Waals surface area contributed by atoms with Crippen molar-refractivity contribution >= 4 is 72.3 Å². The molecule has 2 aliphatic heterocycles. The van der Waals surface area contributed by atoms with Gasteiger partial charge >= 0.3 is 0 Å². The van der Waals surface area contributed by atoms with Crippen molar-refractivity contribution in [3.8, 4) is 50.6 Å². The van der Waals surface area contributed by atoms with Crippen LogP contribution >= 0.6 is 11.6 Å². The molecule has 5 heteroatoms. The quantitative estimate of drug-likeness (QED) is 0.172. The number of fused-ring (bicyclic) bond motifs is 10. The van der Waals surface area contributed by atoms with Gasteiger partial charge in [0.15, 0.2) is 0 Å². The van der Waals surface area contributed by atoms with Crippen LogP contribution < -0.4 is 15.7 Å². The molecule has 2 aromatic heterocycles. The first-order valence-electron chi connectivity index (χ1n) is 18.0. The normalized spacial score (nSPS) is 12.9. The van der Waals surface area contributed by atoms with Crippen molar-refractivity contribution in [1.82, 2.24) is 4.57 Å². The molecule has 246 valence electrons. The molecule has 0 amide bonds. The van der Waals surface area contributed by atoms with Crippen LogP contribution in [0.15, 0.2) is 179 Å². The molecule has 53 heavy (non-hydrogen) atoms. The lowest BCUT2D eigenvalue weighted by Gasteiger charge is -2.33. The molecule has 8 aromatic carbocycles. The summed E-state index contributed by atoms with van der Waals surface area (Å²) in [5.41, 5.74) is 14.9. The fourth-order valence-corrected chi connectivity index (χ4v) is 10.2. The van der Waals surface area contributed by atoms with Gasteiger partial charge < -0.3 is 13.7 Å². The van der Waals surface area contributed by atoms with E-state index >= 15 is 0 Å². The molecule has 4 heterocycles. The molecule has 3 nitrogen and oxygen atoms in total. The van der Waals surface area contributed by atoms with E-state index in [9.17, 15) is 0 Å². The Hall–Kier alpha value is -6.43. The predicted octanol–water partition coefficient (Wildman–Crippen LogP) is 12.0. The number of hydrogen-bond donors (Lipinski definition) is 0. The Morgan fingerprint density at radius 1 is 0.472 bits per heavy atom. The van der Waals surface area contributed by atoms with Crippen LogP contribution in [0.3, 0.4) is 0 Å². The second-order valence-corrected chi connectivity index (χ2v) is 15.1. The van der Waals surface area contributed by atoms with E-state index in [0.717, 1.165) is 39.1 Å². The minimum Gasteiger partial charge on any atom is -0.458 e. The molecule has 0 saturated heterocycles. The van der Waals surface area contributed by atoms with Crippen molar-refractivity contribution in [2.45, 2.75) is 4.90 Å². The average Bonchev–Trinajstić information content (AvgIpc) is 3.77. The fraction of sp³-hybridized carbons (Fsp3) is 0. The van der Waals surface area contributed by atoms with Crippen LogP contribution in [-0.4, -0.2) is 10.6 Å². The molecule has 10 aromatic rings. The van der Waals surface area contributed by atoms with E-state index in [0.29, 0.717) is 0 Å². The Morgan fingerprint density at radius 3 is 2.00 bits per heavy atom. The van der Waals surface area contributed by atoms with Crippen molar-refractivity contribution in [1.29, 1.82) is 0 Å². The van der Waals surface area contributed by atoms with E-state index in [2.05, 4.69) is 168 Å². The first-order chi connectivity index (χ1) is 26.3. The third-order valence-electron chi connectivity index (χ3n) is 11.1. The van der Waals surface area contributed by atoms with Crippen LogP contribution in [0, 0.1) is 0 Å². The van der Waals surface area contributed by atoms with Gasteiger partial charge in [0, 0.05) is 32.5 Å². The third kappa shape index (κ3) is 4.20. The van der Waals surface area contributed by atoms with Crippen LogP contribution in [0.1, 0.15) is 0 Å². The summed E-state index contributed by atoms with van der Waals surface area (Å²) in [5, 5.41) is 4.77. The number of nitrogens with zero attached hydrogens (tertiary/aromatic N) is 1. The van der Waals surface area contributed by atoms with Gasteiger partial charge in [-0.3, -0.25) is 0 Å². The number of ether oxygens (including phenoxy) is 1. The standard InChI is InChI=1S/C48H28BNO2S/c1-2-13-32(35-17-11-23-44-47(35)36-16-5-9-21-42(36)51-44)31(12-1)29-24-25-46-37(26-29)38-27-30(28-45-48(38)49(53-46)39-18-6-10-22-43(39)52-45)50-40-19-7-3-14-33(40)34-15-4-8-20-41(34)50/h1-28H. The van der Waals surface area contributed by atoms with E-state index in [1.807, 2.05) is 17.7 Å². The van der Waals surface area contributed by atoms with Gasteiger partial charge in [-0.05, 0) is 92.8 Å². The van der Waals surface area contributed by atoms with Crippen LogP contribution in [-0.2, 0) is 0 Å². The Bertz CT molecular complexity index is 3100. The minimum atomic E-state index is 0.134. The highest BCUT2D eigenvalue weighted by Gasteiger charge is 2.39. The van der Waals surface area contributed by atoms with Gasteiger partial charge in [0.05, 0.1) is 16.7 Å². The Kier molecular flexibility index (Phi) is 6.08. The number of para-hydroxylation sites is 4. The van der Waals surface area contributed by atoms with E-state index < -0.39 is 0 Å².